The van der Waals surface area contributed by atoms with Gasteiger partial charge in [-0.15, -0.1) is 0 Å². The monoisotopic (exact) mass is 423 g/mol. The molecule has 4 rings (SSSR count). The zero-order valence-electron chi connectivity index (χ0n) is 11.3. The number of hydrogen-bond acceptors (Lipinski definition) is 6. The number of aromatic nitrogens is 4. The van der Waals surface area contributed by atoms with E-state index in [-0.39, 0.29) is 5.78 Å². The average molecular weight is 423 g/mol. The molecule has 1 aromatic carbocycles. The lowest BCUT2D eigenvalue weighted by Crippen LogP contribution is -1.93. The summed E-state index contributed by atoms with van der Waals surface area (Å²) in [6, 6.07) is 4.04. The van der Waals surface area contributed by atoms with Gasteiger partial charge in [-0.3, -0.25) is 4.79 Å². The third-order valence-electron chi connectivity index (χ3n) is 3.58. The molecule has 2 heterocycles. The summed E-state index contributed by atoms with van der Waals surface area (Å²) in [4.78, 5) is 28.5. The second kappa shape index (κ2) is 5.20. The summed E-state index contributed by atoms with van der Waals surface area (Å²) < 4.78 is 1.11. The fraction of sp³-hybridized carbons (Fsp3) is 0.143. The topological polar surface area (TPSA) is 97.5 Å². The van der Waals surface area contributed by atoms with E-state index in [0.29, 0.717) is 28.6 Å². The van der Waals surface area contributed by atoms with Crippen molar-refractivity contribution in [1.29, 1.82) is 0 Å². The normalized spacial score (nSPS) is 13.8. The molecule has 6 nitrogen and oxygen atoms in total. The van der Waals surface area contributed by atoms with Crippen molar-refractivity contribution < 1.29 is 4.79 Å². The number of ketones is 1. The van der Waals surface area contributed by atoms with Crippen LogP contribution >= 0.6 is 34.4 Å². The van der Waals surface area contributed by atoms with Gasteiger partial charge in [-0.25, -0.2) is 15.0 Å². The molecule has 0 bridgehead atoms. The fourth-order valence-corrected chi connectivity index (χ4v) is 4.19. The first-order valence-corrected chi connectivity index (χ1v) is 8.51. The third kappa shape index (κ3) is 2.26. The van der Waals surface area contributed by atoms with Gasteiger partial charge in [-0.1, -0.05) is 11.8 Å². The van der Waals surface area contributed by atoms with Gasteiger partial charge in [0.15, 0.2) is 22.4 Å². The van der Waals surface area contributed by atoms with Gasteiger partial charge in [0.05, 0.1) is 0 Å². The number of H-pyrrole nitrogens is 1. The number of carbonyl (C=O) groups excluding carboxylic acids is 1. The Bertz CT molecular complexity index is 923. The minimum Gasteiger partial charge on any atom is -0.382 e. The Morgan fingerprint density at radius 3 is 2.95 bits per heavy atom. The number of nitrogens with zero attached hydrogens (tertiary/aromatic N) is 3. The Hall–Kier alpha value is -1.68. The highest BCUT2D eigenvalue weighted by atomic mass is 127. The summed E-state index contributed by atoms with van der Waals surface area (Å²) in [6.45, 7) is 0. The van der Waals surface area contributed by atoms with Gasteiger partial charge in [-0.2, -0.15) is 0 Å². The molecule has 3 aromatic rings. The Morgan fingerprint density at radius 1 is 1.27 bits per heavy atom. The third-order valence-corrected chi connectivity index (χ3v) is 5.79. The first kappa shape index (κ1) is 13.9. The van der Waals surface area contributed by atoms with Crippen molar-refractivity contribution in [3.8, 4) is 0 Å². The van der Waals surface area contributed by atoms with E-state index >= 15 is 0 Å². The maximum Gasteiger partial charge on any atom is 0.183 e. The lowest BCUT2D eigenvalue weighted by atomic mass is 10.1. The average Bonchev–Trinajstić information content (AvgIpc) is 3.05. The molecule has 0 atom stereocenters. The molecule has 8 heteroatoms. The molecular formula is C14H10IN5OS. The van der Waals surface area contributed by atoms with E-state index in [4.69, 9.17) is 5.73 Å². The molecule has 22 heavy (non-hydrogen) atoms. The lowest BCUT2D eigenvalue weighted by molar-refractivity contribution is 0.0994. The molecule has 1 aliphatic rings. The SMILES string of the molecule is Nc1ncnc2nc(Sc3cc4c(cc3I)CCC4=O)[nH]c12. The smallest absolute Gasteiger partial charge is 0.183 e. The van der Waals surface area contributed by atoms with Gasteiger partial charge in [0.2, 0.25) is 0 Å². The maximum atomic E-state index is 11.9. The van der Waals surface area contributed by atoms with Crippen LogP contribution in [-0.4, -0.2) is 25.7 Å². The fourth-order valence-electron chi connectivity index (χ4n) is 2.50. The lowest BCUT2D eigenvalue weighted by Gasteiger charge is -2.05. The predicted octanol–water partition coefficient (Wildman–Crippen LogP) is 2.82. The van der Waals surface area contributed by atoms with Gasteiger partial charge in [-0.05, 0) is 46.7 Å². The Labute approximate surface area is 143 Å². The number of benzene rings is 1. The quantitative estimate of drug-likeness (QED) is 0.616. The summed E-state index contributed by atoms with van der Waals surface area (Å²) in [6.07, 6.45) is 2.84. The first-order valence-electron chi connectivity index (χ1n) is 6.61. The molecule has 0 unspecified atom stereocenters. The van der Waals surface area contributed by atoms with Crippen molar-refractivity contribution in [3.63, 3.8) is 0 Å². The summed E-state index contributed by atoms with van der Waals surface area (Å²) in [7, 11) is 0. The van der Waals surface area contributed by atoms with Gasteiger partial charge < -0.3 is 10.7 Å². The van der Waals surface area contributed by atoms with Crippen molar-refractivity contribution in [3.05, 3.63) is 33.2 Å². The maximum absolute atomic E-state index is 11.9. The molecule has 0 radical (unpaired) electrons. The number of hydrogen-bond donors (Lipinski definition) is 2. The van der Waals surface area contributed by atoms with Crippen LogP contribution in [-0.2, 0) is 6.42 Å². The molecule has 0 aliphatic heterocycles. The summed E-state index contributed by atoms with van der Waals surface area (Å²) in [5.74, 6) is 0.594. The largest absolute Gasteiger partial charge is 0.382 e. The zero-order chi connectivity index (χ0) is 15.3. The van der Waals surface area contributed by atoms with E-state index < -0.39 is 0 Å². The molecule has 0 amide bonds. The molecule has 110 valence electrons. The van der Waals surface area contributed by atoms with Crippen LogP contribution in [0.3, 0.4) is 0 Å². The molecule has 1 aliphatic carbocycles. The van der Waals surface area contributed by atoms with Crippen molar-refractivity contribution in [2.45, 2.75) is 22.9 Å². The molecule has 3 N–H and O–H groups in total. The summed E-state index contributed by atoms with van der Waals surface area (Å²) in [5.41, 5.74) is 8.96. The van der Waals surface area contributed by atoms with E-state index in [0.717, 1.165) is 26.0 Å². The number of nitrogen functional groups attached to an aromatic ring is 1. The minimum absolute atomic E-state index is 0.216. The van der Waals surface area contributed by atoms with Crippen molar-refractivity contribution >= 4 is 57.1 Å². The van der Waals surface area contributed by atoms with E-state index in [1.165, 1.54) is 18.1 Å². The number of nitrogens with two attached hydrogens (primary N) is 1. The van der Waals surface area contributed by atoms with E-state index in [1.54, 1.807) is 0 Å². The van der Waals surface area contributed by atoms with Gasteiger partial charge >= 0.3 is 0 Å². The highest BCUT2D eigenvalue weighted by Crippen LogP contribution is 2.35. The molecule has 0 saturated heterocycles. The van der Waals surface area contributed by atoms with Crippen LogP contribution in [0.15, 0.2) is 28.5 Å². The Morgan fingerprint density at radius 2 is 2.14 bits per heavy atom. The molecule has 0 spiro atoms. The van der Waals surface area contributed by atoms with Crippen LogP contribution in [0.25, 0.3) is 11.2 Å². The number of aromatic amines is 1. The number of anilines is 1. The van der Waals surface area contributed by atoms with Crippen LogP contribution in [0.2, 0.25) is 0 Å². The minimum atomic E-state index is 0.216. The summed E-state index contributed by atoms with van der Waals surface area (Å²) >= 11 is 3.75. The zero-order valence-corrected chi connectivity index (χ0v) is 14.2. The Kier molecular flexibility index (Phi) is 3.30. The Balaban J connectivity index is 1.75. The van der Waals surface area contributed by atoms with Gasteiger partial charge in [0, 0.05) is 20.4 Å². The van der Waals surface area contributed by atoms with Crippen LogP contribution in [0.1, 0.15) is 22.3 Å². The molecule has 0 fully saturated rings. The summed E-state index contributed by atoms with van der Waals surface area (Å²) in [5, 5.41) is 0.686. The second-order valence-corrected chi connectivity index (χ2v) is 7.16. The standard InChI is InChI=1S/C14H10IN5OS/c15-8-3-6-1-2-9(21)7(6)4-10(8)22-14-19-11-12(16)17-5-18-13(11)20-14/h3-5H,1-2H2,(H3,16,17,18,19,20). The number of rotatable bonds is 2. The molecular weight excluding hydrogens is 413 g/mol. The van der Waals surface area contributed by atoms with Gasteiger partial charge in [0.1, 0.15) is 11.8 Å². The van der Waals surface area contributed by atoms with Gasteiger partial charge in [0.25, 0.3) is 0 Å². The number of imidazole rings is 1. The number of aryl methyl sites for hydroxylation is 1. The van der Waals surface area contributed by atoms with Crippen molar-refractivity contribution in [2.24, 2.45) is 0 Å². The molecule has 2 aromatic heterocycles. The number of nitrogens with one attached hydrogen (secondary N) is 1. The highest BCUT2D eigenvalue weighted by molar-refractivity contribution is 14.1. The van der Waals surface area contributed by atoms with E-state index in [9.17, 15) is 4.79 Å². The van der Waals surface area contributed by atoms with E-state index in [1.807, 2.05) is 6.07 Å². The van der Waals surface area contributed by atoms with Crippen LogP contribution in [0.5, 0.6) is 0 Å². The number of Topliss-reactive ketones (excluding diaryl/α,β-unsaturated/α-hetero) is 1. The van der Waals surface area contributed by atoms with Crippen molar-refractivity contribution in [1.82, 2.24) is 19.9 Å². The first-order chi connectivity index (χ1) is 10.6. The highest BCUT2D eigenvalue weighted by Gasteiger charge is 2.22. The number of carbonyl (C=O) groups is 1. The van der Waals surface area contributed by atoms with Crippen LogP contribution in [0.4, 0.5) is 5.82 Å². The number of halogens is 1. The predicted molar refractivity (Wildman–Crippen MR) is 92.0 cm³/mol. The van der Waals surface area contributed by atoms with Crippen LogP contribution < -0.4 is 5.73 Å². The second-order valence-electron chi connectivity index (χ2n) is 4.96. The van der Waals surface area contributed by atoms with Crippen molar-refractivity contribution in [2.75, 3.05) is 5.73 Å². The van der Waals surface area contributed by atoms with E-state index in [2.05, 4.69) is 48.6 Å². The molecule has 0 saturated carbocycles. The van der Waals surface area contributed by atoms with Crippen LogP contribution in [0, 0.1) is 3.57 Å². The number of fused-ring (bicyclic) bond motifs is 2.